The normalized spacial score (nSPS) is 19.2. The number of hydrogen-bond donors (Lipinski definition) is 1. The van der Waals surface area contributed by atoms with Crippen LogP contribution in [0.15, 0.2) is 12.3 Å². The number of aromatic nitrogens is 1. The van der Waals surface area contributed by atoms with Gasteiger partial charge in [0.2, 0.25) is 5.91 Å². The Balaban J connectivity index is 2.49. The summed E-state index contributed by atoms with van der Waals surface area (Å²) in [5.41, 5.74) is 6.20. The number of halogens is 1. The molecule has 1 saturated heterocycles. The second-order valence-corrected chi connectivity index (χ2v) is 4.32. The van der Waals surface area contributed by atoms with E-state index in [1.807, 2.05) is 0 Å². The van der Waals surface area contributed by atoms with Crippen LogP contribution < -0.4 is 10.6 Å². The first-order chi connectivity index (χ1) is 8.54. The molecule has 7 heteroatoms. The standard InChI is InChI=1S/C11H12ClN3O3/c1-18-11(17)7-2-3-14-10(12)9(7)15-5-6(13)4-8(15)16/h2-3,6H,4-5,13H2,1H3. The molecule has 1 aliphatic rings. The van der Waals surface area contributed by atoms with Crippen LogP contribution in [0.2, 0.25) is 5.15 Å². The molecule has 1 aromatic heterocycles. The van der Waals surface area contributed by atoms with Crippen molar-refractivity contribution in [2.24, 2.45) is 5.73 Å². The van der Waals surface area contributed by atoms with Crippen molar-refractivity contribution in [3.8, 4) is 0 Å². The van der Waals surface area contributed by atoms with Gasteiger partial charge in [-0.3, -0.25) is 4.79 Å². The third-order valence-electron chi connectivity index (χ3n) is 2.71. The van der Waals surface area contributed by atoms with Gasteiger partial charge in [-0.15, -0.1) is 0 Å². The molecule has 1 amide bonds. The number of rotatable bonds is 2. The number of methoxy groups -OCH3 is 1. The SMILES string of the molecule is COC(=O)c1ccnc(Cl)c1N1CC(N)CC1=O. The van der Waals surface area contributed by atoms with E-state index < -0.39 is 5.97 Å². The summed E-state index contributed by atoms with van der Waals surface area (Å²) in [6.07, 6.45) is 1.62. The van der Waals surface area contributed by atoms with E-state index >= 15 is 0 Å². The van der Waals surface area contributed by atoms with E-state index in [-0.39, 0.29) is 34.8 Å². The average molecular weight is 270 g/mol. The van der Waals surface area contributed by atoms with Crippen LogP contribution in [0.5, 0.6) is 0 Å². The lowest BCUT2D eigenvalue weighted by atomic mass is 10.2. The number of pyridine rings is 1. The fourth-order valence-corrected chi connectivity index (χ4v) is 2.17. The molecule has 0 spiro atoms. The molecule has 1 fully saturated rings. The molecule has 2 rings (SSSR count). The summed E-state index contributed by atoms with van der Waals surface area (Å²) in [5, 5.41) is 0.0837. The van der Waals surface area contributed by atoms with Crippen molar-refractivity contribution in [1.29, 1.82) is 0 Å². The first kappa shape index (κ1) is 12.8. The van der Waals surface area contributed by atoms with Gasteiger partial charge >= 0.3 is 5.97 Å². The van der Waals surface area contributed by atoms with Crippen molar-refractivity contribution < 1.29 is 14.3 Å². The first-order valence-electron chi connectivity index (χ1n) is 5.33. The molecule has 2 N–H and O–H groups in total. The van der Waals surface area contributed by atoms with Gasteiger partial charge < -0.3 is 15.4 Å². The van der Waals surface area contributed by atoms with Crippen LogP contribution >= 0.6 is 11.6 Å². The topological polar surface area (TPSA) is 85.5 Å². The Labute approximate surface area is 109 Å². The fraction of sp³-hybridized carbons (Fsp3) is 0.364. The predicted octanol–water partition coefficient (Wildman–Crippen LogP) is 0.586. The molecule has 1 aliphatic heterocycles. The van der Waals surface area contributed by atoms with E-state index in [0.29, 0.717) is 6.54 Å². The lowest BCUT2D eigenvalue weighted by molar-refractivity contribution is -0.117. The average Bonchev–Trinajstić information content (AvgIpc) is 2.67. The molecule has 0 bridgehead atoms. The summed E-state index contributed by atoms with van der Waals surface area (Å²) in [7, 11) is 1.26. The van der Waals surface area contributed by atoms with E-state index in [4.69, 9.17) is 17.3 Å². The molecule has 0 radical (unpaired) electrons. The first-order valence-corrected chi connectivity index (χ1v) is 5.71. The minimum Gasteiger partial charge on any atom is -0.465 e. The van der Waals surface area contributed by atoms with E-state index in [0.717, 1.165) is 0 Å². The molecular formula is C11H12ClN3O3. The monoisotopic (exact) mass is 269 g/mol. The fourth-order valence-electron chi connectivity index (χ4n) is 1.91. The maximum Gasteiger partial charge on any atom is 0.340 e. The van der Waals surface area contributed by atoms with E-state index in [1.54, 1.807) is 0 Å². The van der Waals surface area contributed by atoms with Gasteiger partial charge in [0.05, 0.1) is 18.4 Å². The van der Waals surface area contributed by atoms with Crippen molar-refractivity contribution in [3.63, 3.8) is 0 Å². The molecule has 1 atom stereocenters. The second-order valence-electron chi connectivity index (χ2n) is 3.96. The van der Waals surface area contributed by atoms with Crippen molar-refractivity contribution in [2.45, 2.75) is 12.5 Å². The van der Waals surface area contributed by atoms with Gasteiger partial charge in [0.25, 0.3) is 0 Å². The molecule has 1 unspecified atom stereocenters. The summed E-state index contributed by atoms with van der Waals surface area (Å²) >= 11 is 5.97. The highest BCUT2D eigenvalue weighted by Crippen LogP contribution is 2.31. The molecule has 18 heavy (non-hydrogen) atoms. The minimum atomic E-state index is -0.567. The van der Waals surface area contributed by atoms with Crippen LogP contribution in [0.3, 0.4) is 0 Å². The number of nitrogens with two attached hydrogens (primary N) is 1. The van der Waals surface area contributed by atoms with Crippen LogP contribution in [0.4, 0.5) is 5.69 Å². The number of esters is 1. The summed E-state index contributed by atoms with van der Waals surface area (Å²) < 4.78 is 4.66. The molecule has 0 aliphatic carbocycles. The summed E-state index contributed by atoms with van der Waals surface area (Å²) in [6, 6.07) is 1.20. The predicted molar refractivity (Wildman–Crippen MR) is 65.5 cm³/mol. The number of hydrogen-bond acceptors (Lipinski definition) is 5. The largest absolute Gasteiger partial charge is 0.465 e. The van der Waals surface area contributed by atoms with Crippen LogP contribution in [0.25, 0.3) is 0 Å². The molecule has 6 nitrogen and oxygen atoms in total. The summed E-state index contributed by atoms with van der Waals surface area (Å²) in [4.78, 5) is 28.7. The van der Waals surface area contributed by atoms with Gasteiger partial charge in [-0.1, -0.05) is 11.6 Å². The molecule has 0 saturated carbocycles. The zero-order chi connectivity index (χ0) is 13.3. The second kappa shape index (κ2) is 4.91. The smallest absolute Gasteiger partial charge is 0.340 e. The van der Waals surface area contributed by atoms with Crippen molar-refractivity contribution >= 4 is 29.2 Å². The van der Waals surface area contributed by atoms with Crippen LogP contribution in [-0.4, -0.2) is 36.6 Å². The van der Waals surface area contributed by atoms with Crippen molar-refractivity contribution in [3.05, 3.63) is 23.0 Å². The number of nitrogens with zero attached hydrogens (tertiary/aromatic N) is 2. The zero-order valence-electron chi connectivity index (χ0n) is 9.72. The number of carbonyl (C=O) groups excluding carboxylic acids is 2. The minimum absolute atomic E-state index is 0.0837. The lowest BCUT2D eigenvalue weighted by Gasteiger charge is -2.19. The number of ether oxygens (including phenoxy) is 1. The molecular weight excluding hydrogens is 258 g/mol. The van der Waals surface area contributed by atoms with Crippen molar-refractivity contribution in [2.75, 3.05) is 18.6 Å². The van der Waals surface area contributed by atoms with E-state index in [9.17, 15) is 9.59 Å². The Morgan fingerprint density at radius 1 is 1.67 bits per heavy atom. The van der Waals surface area contributed by atoms with Gasteiger partial charge in [0.1, 0.15) is 0 Å². The Hall–Kier alpha value is -1.66. The number of carbonyl (C=O) groups is 2. The number of anilines is 1. The van der Waals surface area contributed by atoms with Crippen LogP contribution in [-0.2, 0) is 9.53 Å². The highest BCUT2D eigenvalue weighted by molar-refractivity contribution is 6.33. The van der Waals surface area contributed by atoms with Crippen molar-refractivity contribution in [1.82, 2.24) is 4.98 Å². The lowest BCUT2D eigenvalue weighted by Crippen LogP contribution is -2.30. The van der Waals surface area contributed by atoms with Crippen LogP contribution in [0.1, 0.15) is 16.8 Å². The third-order valence-corrected chi connectivity index (χ3v) is 2.99. The molecule has 1 aromatic rings. The number of amides is 1. The van der Waals surface area contributed by atoms with Gasteiger partial charge in [-0.25, -0.2) is 9.78 Å². The third kappa shape index (κ3) is 2.16. The Kier molecular flexibility index (Phi) is 3.49. The highest BCUT2D eigenvalue weighted by Gasteiger charge is 2.32. The highest BCUT2D eigenvalue weighted by atomic mass is 35.5. The quantitative estimate of drug-likeness (QED) is 0.627. The zero-order valence-corrected chi connectivity index (χ0v) is 10.5. The van der Waals surface area contributed by atoms with E-state index in [1.165, 1.54) is 24.3 Å². The van der Waals surface area contributed by atoms with Gasteiger partial charge in [-0.2, -0.15) is 0 Å². The van der Waals surface area contributed by atoms with Gasteiger partial charge in [0.15, 0.2) is 5.15 Å². The van der Waals surface area contributed by atoms with Crippen LogP contribution in [0, 0.1) is 0 Å². The van der Waals surface area contributed by atoms with E-state index in [2.05, 4.69) is 9.72 Å². The maximum atomic E-state index is 11.8. The molecule has 2 heterocycles. The Morgan fingerprint density at radius 3 is 2.94 bits per heavy atom. The Morgan fingerprint density at radius 2 is 2.39 bits per heavy atom. The molecule has 0 aromatic carbocycles. The molecule has 96 valence electrons. The van der Waals surface area contributed by atoms with Gasteiger partial charge in [-0.05, 0) is 6.07 Å². The summed E-state index contributed by atoms with van der Waals surface area (Å²) in [5.74, 6) is -0.745. The Bertz CT molecular complexity index is 506. The van der Waals surface area contributed by atoms with Gasteiger partial charge in [0, 0.05) is 25.2 Å². The summed E-state index contributed by atoms with van der Waals surface area (Å²) in [6.45, 7) is 0.314. The maximum absolute atomic E-state index is 11.8.